The third-order valence-electron chi connectivity index (χ3n) is 7.60. The van der Waals surface area contributed by atoms with Crippen LogP contribution in [0.15, 0.2) is 12.7 Å². The first-order valence-electron chi connectivity index (χ1n) is 11.6. The second kappa shape index (κ2) is 9.41. The fourth-order valence-corrected chi connectivity index (χ4v) is 5.88. The topological polar surface area (TPSA) is 21.7 Å². The smallest absolute Gasteiger partial charge is 0.168 e. The number of ether oxygens (including phenoxy) is 2. The molecule has 0 aromatic heterocycles. The molecule has 2 saturated carbocycles. The highest BCUT2D eigenvalue weighted by Gasteiger charge is 2.46. The second-order valence-corrected chi connectivity index (χ2v) is 9.98. The summed E-state index contributed by atoms with van der Waals surface area (Å²) in [4.78, 5) is 2.62. The van der Waals surface area contributed by atoms with Gasteiger partial charge in [-0.2, -0.15) is 0 Å². The Morgan fingerprint density at radius 3 is 2.48 bits per heavy atom. The van der Waals surface area contributed by atoms with E-state index in [0.717, 1.165) is 50.9 Å². The van der Waals surface area contributed by atoms with Gasteiger partial charge in [0.15, 0.2) is 5.79 Å². The summed E-state index contributed by atoms with van der Waals surface area (Å²) >= 11 is 0. The van der Waals surface area contributed by atoms with Gasteiger partial charge in [-0.05, 0) is 49.9 Å². The SMILES string of the molecule is C=CCN(CCC1COC2(CCC(C(C)(C)CCC)CC2)O1)C1CCCC1. The average Bonchev–Trinajstić information content (AvgIpc) is 3.30. The third kappa shape index (κ3) is 5.36. The van der Waals surface area contributed by atoms with E-state index in [9.17, 15) is 0 Å². The monoisotopic (exact) mass is 377 g/mol. The number of hydrogen-bond acceptors (Lipinski definition) is 3. The summed E-state index contributed by atoms with van der Waals surface area (Å²) in [6.07, 6.45) is 16.2. The van der Waals surface area contributed by atoms with Crippen molar-refractivity contribution >= 4 is 0 Å². The number of hydrogen-bond donors (Lipinski definition) is 0. The Hall–Kier alpha value is -0.380. The van der Waals surface area contributed by atoms with Crippen molar-refractivity contribution in [3.8, 4) is 0 Å². The lowest BCUT2D eigenvalue weighted by molar-refractivity contribution is -0.197. The van der Waals surface area contributed by atoms with Gasteiger partial charge in [0.2, 0.25) is 0 Å². The Morgan fingerprint density at radius 1 is 1.15 bits per heavy atom. The molecule has 0 radical (unpaired) electrons. The van der Waals surface area contributed by atoms with E-state index in [4.69, 9.17) is 9.47 Å². The van der Waals surface area contributed by atoms with Gasteiger partial charge in [-0.25, -0.2) is 0 Å². The average molecular weight is 378 g/mol. The molecule has 1 heterocycles. The largest absolute Gasteiger partial charge is 0.347 e. The van der Waals surface area contributed by atoms with Crippen LogP contribution in [0.3, 0.4) is 0 Å². The van der Waals surface area contributed by atoms with Gasteiger partial charge in [0, 0.05) is 32.0 Å². The fraction of sp³-hybridized carbons (Fsp3) is 0.917. The lowest BCUT2D eigenvalue weighted by atomic mass is 9.68. The van der Waals surface area contributed by atoms with Crippen molar-refractivity contribution in [3.63, 3.8) is 0 Å². The maximum absolute atomic E-state index is 6.53. The predicted octanol–water partition coefficient (Wildman–Crippen LogP) is 5.94. The van der Waals surface area contributed by atoms with Crippen LogP contribution in [-0.4, -0.2) is 42.5 Å². The fourth-order valence-electron chi connectivity index (χ4n) is 5.88. The standard InChI is InChI=1S/C24H43NO2/c1-5-14-23(3,4)20-11-15-24(16-12-20)26-19-22(27-24)13-18-25(17-6-2)21-9-7-8-10-21/h6,20-22H,2,5,7-19H2,1,3-4H3. The van der Waals surface area contributed by atoms with Crippen LogP contribution >= 0.6 is 0 Å². The van der Waals surface area contributed by atoms with Crippen LogP contribution in [0.1, 0.15) is 91.4 Å². The van der Waals surface area contributed by atoms with Crippen LogP contribution in [0.5, 0.6) is 0 Å². The number of nitrogens with zero attached hydrogens (tertiary/aromatic N) is 1. The third-order valence-corrected chi connectivity index (χ3v) is 7.60. The van der Waals surface area contributed by atoms with Gasteiger partial charge in [-0.3, -0.25) is 4.90 Å². The zero-order valence-electron chi connectivity index (χ0n) is 18.2. The second-order valence-electron chi connectivity index (χ2n) is 9.98. The minimum atomic E-state index is -0.264. The molecule has 3 nitrogen and oxygen atoms in total. The summed E-state index contributed by atoms with van der Waals surface area (Å²) in [5.41, 5.74) is 0.459. The Kier molecular flexibility index (Phi) is 7.44. The first-order chi connectivity index (χ1) is 13.0. The van der Waals surface area contributed by atoms with Crippen LogP contribution in [-0.2, 0) is 9.47 Å². The molecule has 27 heavy (non-hydrogen) atoms. The highest BCUT2D eigenvalue weighted by Crippen LogP contribution is 2.47. The van der Waals surface area contributed by atoms with Gasteiger partial charge in [-0.1, -0.05) is 46.1 Å². The van der Waals surface area contributed by atoms with Crippen molar-refractivity contribution in [2.75, 3.05) is 19.7 Å². The molecule has 3 aliphatic rings. The molecule has 0 aromatic rings. The quantitative estimate of drug-likeness (QED) is 0.464. The van der Waals surface area contributed by atoms with Gasteiger partial charge in [0.25, 0.3) is 0 Å². The van der Waals surface area contributed by atoms with Crippen molar-refractivity contribution in [3.05, 3.63) is 12.7 Å². The Labute approximate surface area is 167 Å². The molecule has 0 N–H and O–H groups in total. The molecule has 3 rings (SSSR count). The van der Waals surface area contributed by atoms with Crippen molar-refractivity contribution in [1.82, 2.24) is 4.90 Å². The van der Waals surface area contributed by atoms with Gasteiger partial charge in [0.05, 0.1) is 12.7 Å². The minimum absolute atomic E-state index is 0.264. The van der Waals surface area contributed by atoms with Crippen LogP contribution in [0.2, 0.25) is 0 Å². The van der Waals surface area contributed by atoms with Gasteiger partial charge < -0.3 is 9.47 Å². The van der Waals surface area contributed by atoms with E-state index in [-0.39, 0.29) is 11.9 Å². The summed E-state index contributed by atoms with van der Waals surface area (Å²) in [7, 11) is 0. The molecule has 3 fully saturated rings. The van der Waals surface area contributed by atoms with Gasteiger partial charge in [-0.15, -0.1) is 6.58 Å². The summed E-state index contributed by atoms with van der Waals surface area (Å²) in [6, 6.07) is 0.760. The molecule has 1 saturated heterocycles. The maximum atomic E-state index is 6.53. The molecular formula is C24H43NO2. The lowest BCUT2D eigenvalue weighted by Crippen LogP contribution is -2.40. The zero-order valence-corrected chi connectivity index (χ0v) is 18.2. The molecule has 1 atom stereocenters. The molecule has 3 heteroatoms. The van der Waals surface area contributed by atoms with Gasteiger partial charge in [0.1, 0.15) is 0 Å². The molecule has 0 bridgehead atoms. The zero-order chi connectivity index (χ0) is 19.3. The van der Waals surface area contributed by atoms with E-state index in [2.05, 4.69) is 38.3 Å². The summed E-state index contributed by atoms with van der Waals surface area (Å²) in [6.45, 7) is 14.1. The van der Waals surface area contributed by atoms with Crippen molar-refractivity contribution in [1.29, 1.82) is 0 Å². The van der Waals surface area contributed by atoms with Crippen LogP contribution in [0, 0.1) is 11.3 Å². The van der Waals surface area contributed by atoms with E-state index < -0.39 is 0 Å². The summed E-state index contributed by atoms with van der Waals surface area (Å²) in [5, 5.41) is 0. The Balaban J connectivity index is 1.45. The van der Waals surface area contributed by atoms with E-state index in [1.165, 1.54) is 51.4 Å². The normalized spacial score (nSPS) is 32.6. The first-order valence-corrected chi connectivity index (χ1v) is 11.6. The molecule has 156 valence electrons. The molecular weight excluding hydrogens is 334 g/mol. The van der Waals surface area contributed by atoms with E-state index in [1.807, 2.05) is 0 Å². The molecule has 0 amide bonds. The Morgan fingerprint density at radius 2 is 1.85 bits per heavy atom. The van der Waals surface area contributed by atoms with Crippen molar-refractivity contribution in [2.24, 2.45) is 11.3 Å². The highest BCUT2D eigenvalue weighted by atomic mass is 16.7. The molecule has 2 aliphatic carbocycles. The molecule has 1 aliphatic heterocycles. The highest BCUT2D eigenvalue weighted by molar-refractivity contribution is 4.91. The van der Waals surface area contributed by atoms with Crippen molar-refractivity contribution in [2.45, 2.75) is 109 Å². The van der Waals surface area contributed by atoms with E-state index in [1.54, 1.807) is 0 Å². The van der Waals surface area contributed by atoms with Crippen molar-refractivity contribution < 1.29 is 9.47 Å². The van der Waals surface area contributed by atoms with Crippen LogP contribution < -0.4 is 0 Å². The maximum Gasteiger partial charge on any atom is 0.168 e. The molecule has 0 aromatic carbocycles. The van der Waals surface area contributed by atoms with E-state index in [0.29, 0.717) is 5.41 Å². The molecule has 1 unspecified atom stereocenters. The minimum Gasteiger partial charge on any atom is -0.347 e. The Bertz CT molecular complexity index is 461. The van der Waals surface area contributed by atoms with Crippen LogP contribution in [0.25, 0.3) is 0 Å². The van der Waals surface area contributed by atoms with Crippen LogP contribution in [0.4, 0.5) is 0 Å². The summed E-state index contributed by atoms with van der Waals surface area (Å²) in [5.74, 6) is 0.555. The van der Waals surface area contributed by atoms with E-state index >= 15 is 0 Å². The predicted molar refractivity (Wildman–Crippen MR) is 113 cm³/mol. The molecule has 1 spiro atoms. The summed E-state index contributed by atoms with van der Waals surface area (Å²) < 4.78 is 12.8. The lowest BCUT2D eigenvalue weighted by Gasteiger charge is -2.42. The number of rotatable bonds is 9. The van der Waals surface area contributed by atoms with Gasteiger partial charge >= 0.3 is 0 Å². The first kappa shape index (κ1) is 21.3.